The number of aromatic nitrogens is 3. The zero-order chi connectivity index (χ0) is 21.5. The molecule has 1 heterocycles. The average Bonchev–Trinajstić information content (AvgIpc) is 3.19. The smallest absolute Gasteiger partial charge is 0.250 e. The van der Waals surface area contributed by atoms with E-state index in [-0.39, 0.29) is 11.7 Å². The molecule has 9 heteroatoms. The van der Waals surface area contributed by atoms with Crippen molar-refractivity contribution in [1.82, 2.24) is 20.2 Å². The predicted molar refractivity (Wildman–Crippen MR) is 120 cm³/mol. The van der Waals surface area contributed by atoms with Crippen LogP contribution in [0.25, 0.3) is 11.4 Å². The number of methoxy groups -OCH3 is 1. The standard InChI is InChI=1S/C21H22ClN5O2S/c1-4-27-20(15-9-11-16(29-3)12-10-15)25-26-21(27)30-13-19(28)24-23-14(2)17-7-5-6-8-18(17)22/h5-12H,4,13H2,1-3H3,(H,24,28)/b23-14-. The number of ether oxygens (including phenoxy) is 1. The van der Waals surface area contributed by atoms with Gasteiger partial charge in [0.25, 0.3) is 5.91 Å². The van der Waals surface area contributed by atoms with Gasteiger partial charge in [0.2, 0.25) is 0 Å². The summed E-state index contributed by atoms with van der Waals surface area (Å²) in [5, 5.41) is 13.9. The maximum Gasteiger partial charge on any atom is 0.250 e. The third-order valence-electron chi connectivity index (χ3n) is 4.33. The van der Waals surface area contributed by atoms with Crippen molar-refractivity contribution in [3.8, 4) is 17.1 Å². The fourth-order valence-electron chi connectivity index (χ4n) is 2.76. The number of nitrogens with zero attached hydrogens (tertiary/aromatic N) is 4. The van der Waals surface area contributed by atoms with Crippen molar-refractivity contribution in [3.63, 3.8) is 0 Å². The molecule has 7 nitrogen and oxygen atoms in total. The number of thioether (sulfide) groups is 1. The van der Waals surface area contributed by atoms with Gasteiger partial charge in [-0.15, -0.1) is 10.2 Å². The maximum atomic E-state index is 12.2. The molecule has 156 valence electrons. The van der Waals surface area contributed by atoms with Gasteiger partial charge in [-0.2, -0.15) is 5.10 Å². The monoisotopic (exact) mass is 443 g/mol. The first-order valence-electron chi connectivity index (χ1n) is 9.32. The Kier molecular flexibility index (Phi) is 7.48. The minimum Gasteiger partial charge on any atom is -0.497 e. The van der Waals surface area contributed by atoms with E-state index in [0.29, 0.717) is 22.4 Å². The van der Waals surface area contributed by atoms with Crippen molar-refractivity contribution < 1.29 is 9.53 Å². The van der Waals surface area contributed by atoms with Crippen LogP contribution >= 0.6 is 23.4 Å². The Hall–Kier alpha value is -2.84. The lowest BCUT2D eigenvalue weighted by Crippen LogP contribution is -2.21. The Labute approximate surface area is 184 Å². The summed E-state index contributed by atoms with van der Waals surface area (Å²) in [6, 6.07) is 15.0. The van der Waals surface area contributed by atoms with Crippen LogP contribution in [0, 0.1) is 0 Å². The summed E-state index contributed by atoms with van der Waals surface area (Å²) < 4.78 is 7.17. The van der Waals surface area contributed by atoms with Crippen LogP contribution in [0.4, 0.5) is 0 Å². The minimum atomic E-state index is -0.233. The largest absolute Gasteiger partial charge is 0.497 e. The van der Waals surface area contributed by atoms with Crippen LogP contribution in [0.1, 0.15) is 19.4 Å². The van der Waals surface area contributed by atoms with Crippen molar-refractivity contribution in [1.29, 1.82) is 0 Å². The Morgan fingerprint density at radius 3 is 2.60 bits per heavy atom. The van der Waals surface area contributed by atoms with Crippen molar-refractivity contribution in [2.45, 2.75) is 25.5 Å². The molecule has 0 fully saturated rings. The molecule has 0 atom stereocenters. The Bertz CT molecular complexity index is 1050. The number of carbonyl (C=O) groups is 1. The number of rotatable bonds is 8. The van der Waals surface area contributed by atoms with Crippen molar-refractivity contribution >= 4 is 35.0 Å². The van der Waals surface area contributed by atoms with Gasteiger partial charge in [-0.05, 0) is 44.2 Å². The van der Waals surface area contributed by atoms with E-state index in [9.17, 15) is 4.79 Å². The number of nitrogens with one attached hydrogen (secondary N) is 1. The lowest BCUT2D eigenvalue weighted by molar-refractivity contribution is -0.118. The topological polar surface area (TPSA) is 81.4 Å². The molecule has 0 aliphatic heterocycles. The summed E-state index contributed by atoms with van der Waals surface area (Å²) >= 11 is 7.47. The number of hydrazone groups is 1. The summed E-state index contributed by atoms with van der Waals surface area (Å²) in [7, 11) is 1.63. The molecular weight excluding hydrogens is 422 g/mol. The normalized spacial score (nSPS) is 11.4. The molecule has 30 heavy (non-hydrogen) atoms. The second-order valence-electron chi connectivity index (χ2n) is 6.28. The Balaban J connectivity index is 1.64. The highest BCUT2D eigenvalue weighted by atomic mass is 35.5. The van der Waals surface area contributed by atoms with E-state index in [1.165, 1.54) is 11.8 Å². The van der Waals surface area contributed by atoms with E-state index in [1.807, 2.05) is 54.0 Å². The predicted octanol–water partition coefficient (Wildman–Crippen LogP) is 4.26. The highest BCUT2D eigenvalue weighted by Crippen LogP contribution is 2.25. The third-order valence-corrected chi connectivity index (χ3v) is 5.62. The molecule has 0 unspecified atom stereocenters. The van der Waals surface area contributed by atoms with E-state index in [1.54, 1.807) is 20.1 Å². The minimum absolute atomic E-state index is 0.167. The molecule has 0 bridgehead atoms. The SMILES string of the molecule is CCn1c(SCC(=O)N/N=C(/C)c2ccccc2Cl)nnc1-c1ccc(OC)cc1. The molecule has 3 aromatic rings. The number of carbonyl (C=O) groups excluding carboxylic acids is 1. The molecule has 0 aliphatic carbocycles. The lowest BCUT2D eigenvalue weighted by Gasteiger charge is -2.08. The summed E-state index contributed by atoms with van der Waals surface area (Å²) in [5.74, 6) is 1.46. The van der Waals surface area contributed by atoms with E-state index in [0.717, 1.165) is 22.7 Å². The number of halogens is 1. The lowest BCUT2D eigenvalue weighted by atomic mass is 10.1. The van der Waals surface area contributed by atoms with Gasteiger partial charge >= 0.3 is 0 Å². The highest BCUT2D eigenvalue weighted by Gasteiger charge is 2.15. The fraction of sp³-hybridized carbons (Fsp3) is 0.238. The number of benzene rings is 2. The second-order valence-corrected chi connectivity index (χ2v) is 7.63. The summed E-state index contributed by atoms with van der Waals surface area (Å²) in [5.41, 5.74) is 4.91. The van der Waals surface area contributed by atoms with Crippen LogP contribution < -0.4 is 10.2 Å². The number of hydrogen-bond acceptors (Lipinski definition) is 6. The first-order valence-corrected chi connectivity index (χ1v) is 10.7. The van der Waals surface area contributed by atoms with Crippen LogP contribution in [0.15, 0.2) is 58.8 Å². The highest BCUT2D eigenvalue weighted by molar-refractivity contribution is 7.99. The molecule has 0 radical (unpaired) electrons. The van der Waals surface area contributed by atoms with Gasteiger partial charge in [0.05, 0.1) is 18.6 Å². The zero-order valence-electron chi connectivity index (χ0n) is 16.9. The summed E-state index contributed by atoms with van der Waals surface area (Å²) in [4.78, 5) is 12.2. The van der Waals surface area contributed by atoms with Crippen LogP contribution in [0.5, 0.6) is 5.75 Å². The molecule has 1 amide bonds. The molecule has 0 saturated heterocycles. The van der Waals surface area contributed by atoms with Crippen LogP contribution in [0.3, 0.4) is 0 Å². The Morgan fingerprint density at radius 1 is 1.20 bits per heavy atom. The van der Waals surface area contributed by atoms with Gasteiger partial charge in [0.1, 0.15) is 5.75 Å². The van der Waals surface area contributed by atoms with Crippen molar-refractivity contribution in [2.24, 2.45) is 5.10 Å². The van der Waals surface area contributed by atoms with Gasteiger partial charge in [-0.1, -0.05) is 41.6 Å². The molecule has 0 aliphatic rings. The first kappa shape index (κ1) is 21.9. The second kappa shape index (κ2) is 10.3. The molecule has 1 N–H and O–H groups in total. The molecule has 0 saturated carbocycles. The molecule has 3 rings (SSSR count). The summed E-state index contributed by atoms with van der Waals surface area (Å²) in [6.45, 7) is 4.49. The van der Waals surface area contributed by atoms with Gasteiger partial charge < -0.3 is 9.30 Å². The molecule has 2 aromatic carbocycles. The maximum absolute atomic E-state index is 12.2. The first-order chi connectivity index (χ1) is 14.5. The van der Waals surface area contributed by atoms with Crippen molar-refractivity contribution in [3.05, 3.63) is 59.1 Å². The van der Waals surface area contributed by atoms with Gasteiger partial charge in [0.15, 0.2) is 11.0 Å². The Morgan fingerprint density at radius 2 is 1.93 bits per heavy atom. The fourth-order valence-corrected chi connectivity index (χ4v) is 3.82. The summed E-state index contributed by atoms with van der Waals surface area (Å²) in [6.07, 6.45) is 0. The number of hydrogen-bond donors (Lipinski definition) is 1. The van der Waals surface area contributed by atoms with Gasteiger partial charge in [-0.3, -0.25) is 4.79 Å². The van der Waals surface area contributed by atoms with Crippen LogP contribution in [-0.4, -0.2) is 39.2 Å². The third kappa shape index (κ3) is 5.20. The van der Waals surface area contributed by atoms with Crippen LogP contribution in [-0.2, 0) is 11.3 Å². The zero-order valence-corrected chi connectivity index (χ0v) is 18.5. The van der Waals surface area contributed by atoms with Gasteiger partial charge in [0, 0.05) is 22.7 Å². The molecule has 1 aromatic heterocycles. The van der Waals surface area contributed by atoms with Gasteiger partial charge in [-0.25, -0.2) is 5.43 Å². The number of amides is 1. The molecular formula is C21H22ClN5O2S. The van der Waals surface area contributed by atoms with E-state index < -0.39 is 0 Å². The molecule has 0 spiro atoms. The van der Waals surface area contributed by atoms with E-state index in [4.69, 9.17) is 16.3 Å². The quantitative estimate of drug-likeness (QED) is 0.319. The van der Waals surface area contributed by atoms with E-state index in [2.05, 4.69) is 20.7 Å². The van der Waals surface area contributed by atoms with E-state index >= 15 is 0 Å². The van der Waals surface area contributed by atoms with Crippen molar-refractivity contribution in [2.75, 3.05) is 12.9 Å². The van der Waals surface area contributed by atoms with Crippen LogP contribution in [0.2, 0.25) is 5.02 Å². The average molecular weight is 444 g/mol.